The van der Waals surface area contributed by atoms with E-state index in [1.165, 1.54) is 55.0 Å². The third-order valence-corrected chi connectivity index (χ3v) is 5.89. The van der Waals surface area contributed by atoms with Crippen LogP contribution in [0, 0.1) is 22.7 Å². The van der Waals surface area contributed by atoms with Crippen LogP contribution in [0.25, 0.3) is 0 Å². The van der Waals surface area contributed by atoms with Crippen LogP contribution in [-0.2, 0) is 11.8 Å². The molecular formula is C24H23Br2F6N2NaO2. The summed E-state index contributed by atoms with van der Waals surface area (Å²) in [5.41, 5.74) is 0.916. The van der Waals surface area contributed by atoms with Gasteiger partial charge in [-0.15, -0.1) is 26.3 Å². The number of hydrogen-bond donors (Lipinski definition) is 0. The molecule has 0 aromatic heterocycles. The monoisotopic (exact) mass is 666 g/mol. The normalized spacial score (nSPS) is 13.5. The Kier molecular flexibility index (Phi) is 16.5. The fourth-order valence-electron chi connectivity index (χ4n) is 2.92. The van der Waals surface area contributed by atoms with Crippen LogP contribution >= 0.6 is 31.9 Å². The van der Waals surface area contributed by atoms with Gasteiger partial charge in [-0.25, -0.2) is 0 Å². The molecule has 1 aliphatic rings. The average molecular weight is 668 g/mol. The minimum absolute atomic E-state index is 0. The van der Waals surface area contributed by atoms with E-state index in [4.69, 9.17) is 10.5 Å². The van der Waals surface area contributed by atoms with E-state index in [1.54, 1.807) is 0 Å². The van der Waals surface area contributed by atoms with Crippen molar-refractivity contribution in [2.45, 2.75) is 50.2 Å². The van der Waals surface area contributed by atoms with Crippen LogP contribution in [0.15, 0.2) is 48.5 Å². The molecule has 37 heavy (non-hydrogen) atoms. The van der Waals surface area contributed by atoms with Gasteiger partial charge in [0.15, 0.2) is 0 Å². The molecule has 13 heteroatoms. The van der Waals surface area contributed by atoms with E-state index in [0.717, 1.165) is 35.5 Å². The van der Waals surface area contributed by atoms with Crippen molar-refractivity contribution in [3.05, 3.63) is 59.7 Å². The number of ether oxygens (including phenoxy) is 2. The molecule has 0 aliphatic heterocycles. The molecule has 4 nitrogen and oxygen atoms in total. The van der Waals surface area contributed by atoms with Gasteiger partial charge in [0, 0.05) is 10.7 Å². The molecule has 2 aromatic rings. The quantitative estimate of drug-likeness (QED) is 0.233. The summed E-state index contributed by atoms with van der Waals surface area (Å²) < 4.78 is 78.4. The Labute approximate surface area is 252 Å². The standard InChI is InChI=1S/C12H10F3NO.C9H6F3NO.C3H6Br2.Na.H/c13-12(14,15)17-10-4-2-9(3-5-10)11(8-16)6-1-7-11;10-9(11,12)14-8-3-1-7(2-4-8)5-6-13;4-2-1-3-5;;/h2-5H,1,6-7H2;1-4H,5H2;1-3H2;;/q;;;+1;-1. The number of halogens is 8. The van der Waals surface area contributed by atoms with Gasteiger partial charge >= 0.3 is 42.3 Å². The van der Waals surface area contributed by atoms with Crippen molar-refractivity contribution >= 4 is 31.9 Å². The van der Waals surface area contributed by atoms with Crippen molar-refractivity contribution < 1.29 is 66.8 Å². The predicted octanol–water partition coefficient (Wildman–Crippen LogP) is 5.46. The van der Waals surface area contributed by atoms with Crippen LogP contribution in [0.3, 0.4) is 0 Å². The first-order valence-electron chi connectivity index (χ1n) is 10.5. The maximum atomic E-state index is 11.9. The van der Waals surface area contributed by atoms with Crippen LogP contribution in [0.1, 0.15) is 38.2 Å². The first-order chi connectivity index (χ1) is 16.9. The van der Waals surface area contributed by atoms with Gasteiger partial charge in [0.05, 0.1) is 24.0 Å². The zero-order chi connectivity index (χ0) is 27.2. The molecule has 0 bridgehead atoms. The summed E-state index contributed by atoms with van der Waals surface area (Å²) in [4.78, 5) is 0. The van der Waals surface area contributed by atoms with Crippen LogP contribution in [-0.4, -0.2) is 23.4 Å². The van der Waals surface area contributed by atoms with Crippen LogP contribution < -0.4 is 39.0 Å². The Balaban J connectivity index is 0. The van der Waals surface area contributed by atoms with Crippen LogP contribution in [0.4, 0.5) is 26.3 Å². The number of nitrogens with zero attached hydrogens (tertiary/aromatic N) is 2. The van der Waals surface area contributed by atoms with Crippen molar-refractivity contribution in [2.75, 3.05) is 10.7 Å². The molecule has 0 unspecified atom stereocenters. The number of rotatable bonds is 6. The zero-order valence-corrected chi connectivity index (χ0v) is 25.0. The maximum Gasteiger partial charge on any atom is 1.00 e. The molecule has 198 valence electrons. The number of nitriles is 2. The predicted molar refractivity (Wildman–Crippen MR) is 130 cm³/mol. The topological polar surface area (TPSA) is 66.0 Å². The van der Waals surface area contributed by atoms with E-state index in [0.29, 0.717) is 5.56 Å². The van der Waals surface area contributed by atoms with Gasteiger partial charge < -0.3 is 10.9 Å². The largest absolute Gasteiger partial charge is 1.00 e. The maximum absolute atomic E-state index is 11.9. The average Bonchev–Trinajstić information content (AvgIpc) is 2.76. The second kappa shape index (κ2) is 17.2. The number of alkyl halides is 8. The molecule has 0 amide bonds. The fourth-order valence-corrected chi connectivity index (χ4v) is 4.23. The van der Waals surface area contributed by atoms with Crippen LogP contribution in [0.5, 0.6) is 11.5 Å². The summed E-state index contributed by atoms with van der Waals surface area (Å²) >= 11 is 6.56. The summed E-state index contributed by atoms with van der Waals surface area (Å²) in [5.74, 6) is -0.534. The number of benzene rings is 2. The summed E-state index contributed by atoms with van der Waals surface area (Å²) in [6.07, 6.45) is -5.44. The first-order valence-corrected chi connectivity index (χ1v) is 12.7. The zero-order valence-electron chi connectivity index (χ0n) is 20.8. The summed E-state index contributed by atoms with van der Waals surface area (Å²) in [5, 5.41) is 19.6. The second-order valence-electron chi connectivity index (χ2n) is 7.38. The molecule has 1 saturated carbocycles. The molecule has 1 fully saturated rings. The Bertz CT molecular complexity index is 1010. The van der Waals surface area contributed by atoms with Crippen molar-refractivity contribution in [3.63, 3.8) is 0 Å². The van der Waals surface area contributed by atoms with Gasteiger partial charge in [-0.2, -0.15) is 10.5 Å². The van der Waals surface area contributed by atoms with E-state index in [1.807, 2.05) is 6.07 Å². The Morgan fingerprint density at radius 3 is 1.51 bits per heavy atom. The van der Waals surface area contributed by atoms with Gasteiger partial charge in [-0.1, -0.05) is 56.1 Å². The minimum Gasteiger partial charge on any atom is -1.00 e. The molecular weight excluding hydrogens is 645 g/mol. The van der Waals surface area contributed by atoms with E-state index < -0.39 is 18.1 Å². The third-order valence-electron chi connectivity index (χ3n) is 4.77. The fraction of sp³-hybridized carbons (Fsp3) is 0.417. The summed E-state index contributed by atoms with van der Waals surface area (Å²) in [6.45, 7) is 0. The third kappa shape index (κ3) is 14.3. The molecule has 0 saturated heterocycles. The Morgan fingerprint density at radius 1 is 0.811 bits per heavy atom. The second-order valence-corrected chi connectivity index (χ2v) is 8.96. The molecule has 3 rings (SSSR count). The van der Waals surface area contributed by atoms with Crippen molar-refractivity contribution in [1.29, 1.82) is 10.5 Å². The van der Waals surface area contributed by atoms with E-state index in [-0.39, 0.29) is 48.9 Å². The smallest absolute Gasteiger partial charge is 1.00 e. The van der Waals surface area contributed by atoms with Crippen molar-refractivity contribution in [3.8, 4) is 23.6 Å². The molecule has 1 aliphatic carbocycles. The summed E-state index contributed by atoms with van der Waals surface area (Å²) in [6, 6.07) is 14.9. The minimum atomic E-state index is -4.68. The van der Waals surface area contributed by atoms with Gasteiger partial charge in [-0.3, -0.25) is 0 Å². The van der Waals surface area contributed by atoms with Gasteiger partial charge in [-0.05, 0) is 61.1 Å². The molecule has 0 spiro atoms. The van der Waals surface area contributed by atoms with Crippen molar-refractivity contribution in [1.82, 2.24) is 0 Å². The number of hydrogen-bond acceptors (Lipinski definition) is 4. The van der Waals surface area contributed by atoms with Gasteiger partial charge in [0.25, 0.3) is 0 Å². The van der Waals surface area contributed by atoms with E-state index in [9.17, 15) is 26.3 Å². The summed E-state index contributed by atoms with van der Waals surface area (Å²) in [7, 11) is 0. The first kappa shape index (κ1) is 35.6. The van der Waals surface area contributed by atoms with Gasteiger partial charge in [0.1, 0.15) is 11.5 Å². The van der Waals surface area contributed by atoms with E-state index >= 15 is 0 Å². The molecule has 2 aromatic carbocycles. The van der Waals surface area contributed by atoms with Crippen molar-refractivity contribution in [2.24, 2.45) is 0 Å². The molecule has 0 radical (unpaired) electrons. The van der Waals surface area contributed by atoms with Crippen LogP contribution in [0.2, 0.25) is 0 Å². The van der Waals surface area contributed by atoms with Gasteiger partial charge in [0.2, 0.25) is 0 Å². The SMILES string of the molecule is BrCCCBr.N#CC1(c2ccc(OC(F)(F)F)cc2)CCC1.N#CCc1ccc(OC(F)(F)F)cc1.[H-].[Na+]. The Hall–Kier alpha value is -1.44. The molecule has 0 heterocycles. The molecule has 0 N–H and O–H groups in total. The Morgan fingerprint density at radius 2 is 1.24 bits per heavy atom. The van der Waals surface area contributed by atoms with E-state index in [2.05, 4.69) is 47.4 Å². The molecule has 0 atom stereocenters.